The Morgan fingerprint density at radius 1 is 1.37 bits per heavy atom. The summed E-state index contributed by atoms with van der Waals surface area (Å²) in [6.45, 7) is 8.95. The van der Waals surface area contributed by atoms with Crippen LogP contribution in [0.15, 0.2) is 18.2 Å². The summed E-state index contributed by atoms with van der Waals surface area (Å²) < 4.78 is 5.64. The molecule has 0 unspecified atom stereocenters. The molecule has 3 heteroatoms. The lowest BCUT2D eigenvalue weighted by atomic mass is 10.1. The van der Waals surface area contributed by atoms with Crippen molar-refractivity contribution in [2.75, 3.05) is 11.9 Å². The highest BCUT2D eigenvalue weighted by Gasteiger charge is 2.07. The van der Waals surface area contributed by atoms with Gasteiger partial charge in [-0.25, -0.2) is 0 Å². The van der Waals surface area contributed by atoms with Crippen LogP contribution in [0, 0.1) is 12.8 Å². The molecule has 19 heavy (non-hydrogen) atoms. The fourth-order valence-electron chi connectivity index (χ4n) is 1.77. The normalized spacial score (nSPS) is 10.6. The Morgan fingerprint density at radius 3 is 2.68 bits per heavy atom. The summed E-state index contributed by atoms with van der Waals surface area (Å²) in [7, 11) is 0. The van der Waals surface area contributed by atoms with Gasteiger partial charge < -0.3 is 10.1 Å². The zero-order valence-electron chi connectivity index (χ0n) is 12.5. The van der Waals surface area contributed by atoms with Crippen LogP contribution in [0.25, 0.3) is 0 Å². The molecule has 1 N–H and O–H groups in total. The van der Waals surface area contributed by atoms with E-state index in [-0.39, 0.29) is 5.91 Å². The number of amides is 1. The van der Waals surface area contributed by atoms with E-state index in [1.807, 2.05) is 39.0 Å². The Labute approximate surface area is 116 Å². The standard InChI is InChI=1S/C16H25NO2/c1-5-6-9-19-14-7-8-15(13(4)11-14)17-16(18)10-12(2)3/h7-8,11-12H,5-6,9-10H2,1-4H3,(H,17,18). The van der Waals surface area contributed by atoms with E-state index >= 15 is 0 Å². The molecule has 106 valence electrons. The fourth-order valence-corrected chi connectivity index (χ4v) is 1.77. The van der Waals surface area contributed by atoms with E-state index in [1.54, 1.807) is 0 Å². The Hall–Kier alpha value is -1.51. The maximum atomic E-state index is 11.7. The molecular formula is C16H25NO2. The average Bonchev–Trinajstić information content (AvgIpc) is 2.32. The quantitative estimate of drug-likeness (QED) is 0.750. The number of rotatable bonds is 7. The molecule has 0 saturated carbocycles. The zero-order chi connectivity index (χ0) is 14.3. The summed E-state index contributed by atoms with van der Waals surface area (Å²) in [5.41, 5.74) is 1.90. The van der Waals surface area contributed by atoms with Gasteiger partial charge in [0.05, 0.1) is 6.61 Å². The summed E-state index contributed by atoms with van der Waals surface area (Å²) >= 11 is 0. The third kappa shape index (κ3) is 5.77. The molecule has 0 fully saturated rings. The van der Waals surface area contributed by atoms with E-state index in [0.717, 1.165) is 36.4 Å². The van der Waals surface area contributed by atoms with Gasteiger partial charge in [0.25, 0.3) is 0 Å². The predicted octanol–water partition coefficient (Wildman–Crippen LogP) is 4.16. The first kappa shape index (κ1) is 15.5. The monoisotopic (exact) mass is 263 g/mol. The second-order valence-corrected chi connectivity index (χ2v) is 5.32. The molecule has 1 aromatic rings. The van der Waals surface area contributed by atoms with Gasteiger partial charge in [0.1, 0.15) is 5.75 Å². The highest BCUT2D eigenvalue weighted by molar-refractivity contribution is 5.91. The van der Waals surface area contributed by atoms with Crippen LogP contribution in [0.1, 0.15) is 45.6 Å². The van der Waals surface area contributed by atoms with Gasteiger partial charge in [-0.1, -0.05) is 27.2 Å². The molecule has 0 atom stereocenters. The van der Waals surface area contributed by atoms with Crippen LogP contribution < -0.4 is 10.1 Å². The van der Waals surface area contributed by atoms with Crippen LogP contribution in [0.5, 0.6) is 5.75 Å². The van der Waals surface area contributed by atoms with Gasteiger partial charge in [-0.15, -0.1) is 0 Å². The minimum absolute atomic E-state index is 0.0674. The number of ether oxygens (including phenoxy) is 1. The van der Waals surface area contributed by atoms with E-state index < -0.39 is 0 Å². The predicted molar refractivity (Wildman–Crippen MR) is 79.7 cm³/mol. The second kappa shape index (κ2) is 7.82. The van der Waals surface area contributed by atoms with Crippen molar-refractivity contribution in [3.63, 3.8) is 0 Å². The van der Waals surface area contributed by atoms with Crippen LogP contribution in [0.3, 0.4) is 0 Å². The van der Waals surface area contributed by atoms with Gasteiger partial charge in [-0.2, -0.15) is 0 Å². The van der Waals surface area contributed by atoms with E-state index in [0.29, 0.717) is 12.3 Å². The Bertz CT molecular complexity index is 413. The number of unbranched alkanes of at least 4 members (excludes halogenated alkanes) is 1. The first-order chi connectivity index (χ1) is 9.02. The van der Waals surface area contributed by atoms with Gasteiger partial charge in [-0.05, 0) is 43.0 Å². The van der Waals surface area contributed by atoms with Gasteiger partial charge in [0.15, 0.2) is 0 Å². The van der Waals surface area contributed by atoms with Crippen LogP contribution in [0.4, 0.5) is 5.69 Å². The Kier molecular flexibility index (Phi) is 6.40. The summed E-state index contributed by atoms with van der Waals surface area (Å²) in [6, 6.07) is 5.79. The van der Waals surface area contributed by atoms with Crippen LogP contribution in [-0.4, -0.2) is 12.5 Å². The van der Waals surface area contributed by atoms with E-state index in [4.69, 9.17) is 4.74 Å². The second-order valence-electron chi connectivity index (χ2n) is 5.32. The van der Waals surface area contributed by atoms with Crippen molar-refractivity contribution in [1.82, 2.24) is 0 Å². The first-order valence-electron chi connectivity index (χ1n) is 7.06. The molecule has 1 rings (SSSR count). The molecule has 3 nitrogen and oxygen atoms in total. The zero-order valence-corrected chi connectivity index (χ0v) is 12.5. The van der Waals surface area contributed by atoms with E-state index in [1.165, 1.54) is 0 Å². The number of carbonyl (C=O) groups is 1. The van der Waals surface area contributed by atoms with Crippen molar-refractivity contribution < 1.29 is 9.53 Å². The third-order valence-electron chi connectivity index (χ3n) is 2.83. The summed E-state index contributed by atoms with van der Waals surface area (Å²) in [5.74, 6) is 1.31. The van der Waals surface area contributed by atoms with Crippen molar-refractivity contribution in [2.45, 2.75) is 47.0 Å². The molecular weight excluding hydrogens is 238 g/mol. The molecule has 1 amide bonds. The van der Waals surface area contributed by atoms with Crippen LogP contribution in [-0.2, 0) is 4.79 Å². The lowest BCUT2D eigenvalue weighted by Crippen LogP contribution is -2.14. The number of hydrogen-bond donors (Lipinski definition) is 1. The number of hydrogen-bond acceptors (Lipinski definition) is 2. The summed E-state index contributed by atoms with van der Waals surface area (Å²) in [6.07, 6.45) is 2.74. The Balaban J connectivity index is 2.59. The molecule has 0 aliphatic rings. The SMILES string of the molecule is CCCCOc1ccc(NC(=O)CC(C)C)c(C)c1. The highest BCUT2D eigenvalue weighted by Crippen LogP contribution is 2.22. The topological polar surface area (TPSA) is 38.3 Å². The van der Waals surface area contributed by atoms with Crippen molar-refractivity contribution in [2.24, 2.45) is 5.92 Å². The molecule has 0 radical (unpaired) electrons. The molecule has 0 spiro atoms. The highest BCUT2D eigenvalue weighted by atomic mass is 16.5. The molecule has 0 heterocycles. The summed E-state index contributed by atoms with van der Waals surface area (Å²) in [4.78, 5) is 11.7. The van der Waals surface area contributed by atoms with Gasteiger partial charge >= 0.3 is 0 Å². The number of carbonyl (C=O) groups excluding carboxylic acids is 1. The maximum absolute atomic E-state index is 11.7. The van der Waals surface area contributed by atoms with Gasteiger partial charge in [-0.3, -0.25) is 4.79 Å². The van der Waals surface area contributed by atoms with E-state index in [2.05, 4.69) is 12.2 Å². The van der Waals surface area contributed by atoms with Crippen molar-refractivity contribution in [1.29, 1.82) is 0 Å². The number of anilines is 1. The lowest BCUT2D eigenvalue weighted by molar-refractivity contribution is -0.116. The Morgan fingerprint density at radius 2 is 2.11 bits per heavy atom. The molecule has 0 aliphatic carbocycles. The van der Waals surface area contributed by atoms with Crippen LogP contribution in [0.2, 0.25) is 0 Å². The smallest absolute Gasteiger partial charge is 0.224 e. The first-order valence-corrected chi connectivity index (χ1v) is 7.06. The average molecular weight is 263 g/mol. The molecule has 0 bridgehead atoms. The number of nitrogens with one attached hydrogen (secondary N) is 1. The minimum atomic E-state index is 0.0674. The molecule has 0 aliphatic heterocycles. The molecule has 0 aromatic heterocycles. The number of aryl methyl sites for hydroxylation is 1. The lowest BCUT2D eigenvalue weighted by Gasteiger charge is -2.12. The van der Waals surface area contributed by atoms with E-state index in [9.17, 15) is 4.79 Å². The minimum Gasteiger partial charge on any atom is -0.494 e. The number of benzene rings is 1. The van der Waals surface area contributed by atoms with Gasteiger partial charge in [0.2, 0.25) is 5.91 Å². The largest absolute Gasteiger partial charge is 0.494 e. The van der Waals surface area contributed by atoms with Crippen molar-refractivity contribution in [3.8, 4) is 5.75 Å². The van der Waals surface area contributed by atoms with Crippen molar-refractivity contribution in [3.05, 3.63) is 23.8 Å². The fraction of sp³-hybridized carbons (Fsp3) is 0.562. The molecule has 0 saturated heterocycles. The van der Waals surface area contributed by atoms with Crippen molar-refractivity contribution >= 4 is 11.6 Å². The molecule has 1 aromatic carbocycles. The third-order valence-corrected chi connectivity index (χ3v) is 2.83. The van der Waals surface area contributed by atoms with Gasteiger partial charge in [0, 0.05) is 12.1 Å². The van der Waals surface area contributed by atoms with Crippen LogP contribution >= 0.6 is 0 Å². The summed E-state index contributed by atoms with van der Waals surface area (Å²) in [5, 5.41) is 2.94. The maximum Gasteiger partial charge on any atom is 0.224 e.